The Balaban J connectivity index is 1.40. The van der Waals surface area contributed by atoms with Crippen LogP contribution in [-0.2, 0) is 14.3 Å². The lowest BCUT2D eigenvalue weighted by Crippen LogP contribution is -2.38. The number of benzene rings is 2. The summed E-state index contributed by atoms with van der Waals surface area (Å²) >= 11 is 0. The smallest absolute Gasteiger partial charge is 0.307 e. The van der Waals surface area contributed by atoms with Crippen LogP contribution < -0.4 is 20.3 Å². The minimum atomic E-state index is -0.950. The number of rotatable bonds is 7. The second kappa shape index (κ2) is 10.0. The lowest BCUT2D eigenvalue weighted by Gasteiger charge is -2.30. The number of carboxylic acids is 1. The van der Waals surface area contributed by atoms with Crippen LogP contribution in [0.15, 0.2) is 54.6 Å². The van der Waals surface area contributed by atoms with Gasteiger partial charge in [0.2, 0.25) is 5.91 Å². The summed E-state index contributed by atoms with van der Waals surface area (Å²) in [5.41, 5.74) is 2.22. The number of hydrogen-bond donors (Lipinski definition) is 3. The van der Waals surface area contributed by atoms with E-state index in [1.165, 1.54) is 0 Å². The van der Waals surface area contributed by atoms with Gasteiger partial charge in [-0.15, -0.1) is 0 Å². The van der Waals surface area contributed by atoms with Crippen LogP contribution in [0.25, 0.3) is 0 Å². The number of nitrogens with one attached hydrogen (secondary N) is 2. The molecular formula is C27H29N3O6. The molecule has 1 heterocycles. The molecule has 1 aliphatic heterocycles. The maximum absolute atomic E-state index is 13.4. The number of carboxylic acid groups (broad SMARTS) is 1. The molecule has 9 nitrogen and oxygen atoms in total. The lowest BCUT2D eigenvalue weighted by atomic mass is 9.82. The topological polar surface area (TPSA) is 117 Å². The first-order chi connectivity index (χ1) is 17.4. The van der Waals surface area contributed by atoms with Crippen molar-refractivity contribution in [3.63, 3.8) is 0 Å². The largest absolute Gasteiger partial charge is 0.497 e. The predicted octanol–water partition coefficient (Wildman–Crippen LogP) is 3.25. The van der Waals surface area contributed by atoms with Gasteiger partial charge in [0.15, 0.2) is 0 Å². The molecule has 5 rings (SSSR count). The number of fused-ring (bicyclic) bond motifs is 2. The van der Waals surface area contributed by atoms with Gasteiger partial charge in [-0.3, -0.25) is 14.4 Å². The SMILES string of the molecule is COc1ccc(NC(=O)c2cc(NC(=O)[C@@H]3[C@H](C(=O)O)[C@H]4C=C[C@H]3C4)ccc2N2CCOCC2)cc1. The standard InChI is InChI=1S/C27H29N3O6/c1-35-20-7-4-18(5-8-20)28-25(31)21-15-19(6-9-22(21)30-10-12-36-13-11-30)29-26(32)23-16-2-3-17(14-16)24(23)27(33)34/h2-9,15-17,23-24H,10-14H2,1H3,(H,28,31)(H,29,32)(H,33,34)/t16-,17-,23-,24+/m0/s1. The molecule has 2 aromatic carbocycles. The highest BCUT2D eigenvalue weighted by Gasteiger charge is 2.51. The van der Waals surface area contributed by atoms with Crippen molar-refractivity contribution in [3.05, 3.63) is 60.2 Å². The van der Waals surface area contributed by atoms with Crippen LogP contribution in [0, 0.1) is 23.7 Å². The van der Waals surface area contributed by atoms with Crippen molar-refractivity contribution >= 4 is 34.8 Å². The predicted molar refractivity (Wildman–Crippen MR) is 134 cm³/mol. The van der Waals surface area contributed by atoms with Crippen LogP contribution in [0.3, 0.4) is 0 Å². The average Bonchev–Trinajstić information content (AvgIpc) is 3.52. The van der Waals surface area contributed by atoms with Gasteiger partial charge in [0.05, 0.1) is 37.7 Å². The molecule has 0 aromatic heterocycles. The summed E-state index contributed by atoms with van der Waals surface area (Å²) in [5.74, 6) is -2.47. The maximum atomic E-state index is 13.4. The van der Waals surface area contributed by atoms with Crippen LogP contribution in [0.5, 0.6) is 5.75 Å². The van der Waals surface area contributed by atoms with E-state index in [-0.39, 0.29) is 23.7 Å². The molecular weight excluding hydrogens is 462 g/mol. The van der Waals surface area contributed by atoms with Crippen molar-refractivity contribution < 1.29 is 29.0 Å². The van der Waals surface area contributed by atoms with Gasteiger partial charge in [-0.25, -0.2) is 0 Å². The molecule has 2 bridgehead atoms. The second-order valence-electron chi connectivity index (χ2n) is 9.34. The van der Waals surface area contributed by atoms with Crippen molar-refractivity contribution in [2.45, 2.75) is 6.42 Å². The molecule has 3 N–H and O–H groups in total. The molecule has 4 atom stereocenters. The fourth-order valence-electron chi connectivity index (χ4n) is 5.49. The lowest BCUT2D eigenvalue weighted by molar-refractivity contribution is -0.146. The van der Waals surface area contributed by atoms with E-state index in [4.69, 9.17) is 9.47 Å². The molecule has 2 aliphatic carbocycles. The Bertz CT molecular complexity index is 1190. The van der Waals surface area contributed by atoms with Crippen molar-refractivity contribution in [1.29, 1.82) is 0 Å². The third-order valence-electron chi connectivity index (χ3n) is 7.26. The normalized spacial score (nSPS) is 24.4. The molecule has 1 saturated carbocycles. The summed E-state index contributed by atoms with van der Waals surface area (Å²) in [4.78, 5) is 40.5. The summed E-state index contributed by atoms with van der Waals surface area (Å²) in [5, 5.41) is 15.5. The zero-order valence-corrected chi connectivity index (χ0v) is 20.0. The van der Waals surface area contributed by atoms with E-state index in [1.807, 2.05) is 18.2 Å². The summed E-state index contributed by atoms with van der Waals surface area (Å²) in [6.45, 7) is 2.41. The van der Waals surface area contributed by atoms with E-state index >= 15 is 0 Å². The first-order valence-electron chi connectivity index (χ1n) is 12.1. The Kier molecular flexibility index (Phi) is 6.65. The molecule has 0 unspecified atom stereocenters. The van der Waals surface area contributed by atoms with Gasteiger partial charge in [0.1, 0.15) is 5.75 Å². The molecule has 0 radical (unpaired) electrons. The quantitative estimate of drug-likeness (QED) is 0.509. The van der Waals surface area contributed by atoms with Gasteiger partial charge in [-0.05, 0) is 60.7 Å². The van der Waals surface area contributed by atoms with Crippen LogP contribution in [0.1, 0.15) is 16.8 Å². The molecule has 2 amide bonds. The van der Waals surface area contributed by atoms with Gasteiger partial charge >= 0.3 is 5.97 Å². The number of hydrogen-bond acceptors (Lipinski definition) is 6. The Morgan fingerprint density at radius 1 is 0.944 bits per heavy atom. The first kappa shape index (κ1) is 23.9. The molecule has 2 fully saturated rings. The monoisotopic (exact) mass is 491 g/mol. The number of allylic oxidation sites excluding steroid dienone is 2. The number of carbonyl (C=O) groups is 3. The molecule has 2 aromatic rings. The molecule has 1 saturated heterocycles. The summed E-state index contributed by atoms with van der Waals surface area (Å²) in [7, 11) is 1.58. The van der Waals surface area contributed by atoms with Crippen LogP contribution in [0.2, 0.25) is 0 Å². The maximum Gasteiger partial charge on any atom is 0.307 e. The highest BCUT2D eigenvalue weighted by atomic mass is 16.5. The van der Waals surface area contributed by atoms with Gasteiger partial charge < -0.3 is 30.1 Å². The Labute approximate surface area is 209 Å². The number of amides is 2. The highest BCUT2D eigenvalue weighted by molar-refractivity contribution is 6.09. The van der Waals surface area contributed by atoms with Gasteiger partial charge in [-0.2, -0.15) is 0 Å². The number of carbonyl (C=O) groups excluding carboxylic acids is 2. The fraction of sp³-hybridized carbons (Fsp3) is 0.370. The number of anilines is 3. The first-order valence-corrected chi connectivity index (χ1v) is 12.1. The third kappa shape index (κ3) is 4.66. The zero-order chi connectivity index (χ0) is 25.2. The molecule has 188 valence electrons. The van der Waals surface area contributed by atoms with E-state index < -0.39 is 17.8 Å². The summed E-state index contributed by atoms with van der Waals surface area (Å²) < 4.78 is 10.6. The second-order valence-corrected chi connectivity index (χ2v) is 9.34. The van der Waals surface area contributed by atoms with Crippen molar-refractivity contribution in [3.8, 4) is 5.75 Å². The van der Waals surface area contributed by atoms with Crippen molar-refractivity contribution in [2.75, 3.05) is 48.9 Å². The Hall–Kier alpha value is -3.85. The number of nitrogens with zero attached hydrogens (tertiary/aromatic N) is 1. The number of aliphatic carboxylic acids is 1. The third-order valence-corrected chi connectivity index (χ3v) is 7.26. The molecule has 9 heteroatoms. The van der Waals surface area contributed by atoms with Gasteiger partial charge in [0, 0.05) is 30.2 Å². The minimum Gasteiger partial charge on any atom is -0.497 e. The van der Waals surface area contributed by atoms with E-state index in [1.54, 1.807) is 43.5 Å². The minimum absolute atomic E-state index is 0.0819. The van der Waals surface area contributed by atoms with Gasteiger partial charge in [-0.1, -0.05) is 12.2 Å². The van der Waals surface area contributed by atoms with Crippen molar-refractivity contribution in [1.82, 2.24) is 0 Å². The van der Waals surface area contributed by atoms with E-state index in [9.17, 15) is 19.5 Å². The van der Waals surface area contributed by atoms with Crippen LogP contribution in [0.4, 0.5) is 17.1 Å². The summed E-state index contributed by atoms with van der Waals surface area (Å²) in [6.07, 6.45) is 4.54. The van der Waals surface area contributed by atoms with Gasteiger partial charge in [0.25, 0.3) is 5.91 Å². The van der Waals surface area contributed by atoms with E-state index in [0.717, 1.165) is 5.69 Å². The Morgan fingerprint density at radius 2 is 1.61 bits per heavy atom. The average molecular weight is 492 g/mol. The number of methoxy groups -OCH3 is 1. The van der Waals surface area contributed by atoms with E-state index in [2.05, 4.69) is 15.5 Å². The number of morpholine rings is 1. The van der Waals surface area contributed by atoms with Crippen LogP contribution in [-0.4, -0.2) is 56.3 Å². The fourth-order valence-corrected chi connectivity index (χ4v) is 5.49. The molecule has 36 heavy (non-hydrogen) atoms. The molecule has 3 aliphatic rings. The Morgan fingerprint density at radius 3 is 2.28 bits per heavy atom. The van der Waals surface area contributed by atoms with E-state index in [0.29, 0.717) is 55.4 Å². The summed E-state index contributed by atoms with van der Waals surface area (Å²) in [6, 6.07) is 12.3. The van der Waals surface area contributed by atoms with Crippen molar-refractivity contribution in [2.24, 2.45) is 23.7 Å². The molecule has 0 spiro atoms. The highest BCUT2D eigenvalue weighted by Crippen LogP contribution is 2.48. The zero-order valence-electron chi connectivity index (χ0n) is 20.0. The number of ether oxygens (including phenoxy) is 2. The van der Waals surface area contributed by atoms with Crippen LogP contribution >= 0.6 is 0 Å².